The highest BCUT2D eigenvalue weighted by atomic mass is 35.5. The van der Waals surface area contributed by atoms with Crippen molar-refractivity contribution < 1.29 is 19.5 Å². The second kappa shape index (κ2) is 8.47. The third-order valence-corrected chi connectivity index (χ3v) is 3.27. The Morgan fingerprint density at radius 3 is 2.57 bits per heavy atom. The maximum absolute atomic E-state index is 10.6. The molecule has 0 saturated heterocycles. The summed E-state index contributed by atoms with van der Waals surface area (Å²) in [6, 6.07) is 13.5. The standard InChI is InChI=1S/C16H16ClNO5/c17-15-8-13(18(20)21)6-7-16(15)23-11-14(19)10-22-9-12-4-2-1-3-5-12/h1-8,14,19H,9-11H2. The van der Waals surface area contributed by atoms with Gasteiger partial charge in [-0.25, -0.2) is 0 Å². The summed E-state index contributed by atoms with van der Waals surface area (Å²) in [5, 5.41) is 20.6. The Balaban J connectivity index is 1.76. The molecule has 1 atom stereocenters. The highest BCUT2D eigenvalue weighted by molar-refractivity contribution is 6.32. The van der Waals surface area contributed by atoms with Gasteiger partial charge in [-0.3, -0.25) is 10.1 Å². The molecule has 6 nitrogen and oxygen atoms in total. The maximum Gasteiger partial charge on any atom is 0.271 e. The van der Waals surface area contributed by atoms with E-state index in [9.17, 15) is 15.2 Å². The summed E-state index contributed by atoms with van der Waals surface area (Å²) in [7, 11) is 0. The highest BCUT2D eigenvalue weighted by Crippen LogP contribution is 2.28. The molecule has 1 unspecified atom stereocenters. The second-order valence-corrected chi connectivity index (χ2v) is 5.24. The number of hydrogen-bond acceptors (Lipinski definition) is 5. The first-order chi connectivity index (χ1) is 11.1. The molecule has 0 aliphatic carbocycles. The molecule has 0 aliphatic heterocycles. The van der Waals surface area contributed by atoms with Gasteiger partial charge in [0.1, 0.15) is 18.5 Å². The molecular formula is C16H16ClNO5. The first-order valence-corrected chi connectivity index (χ1v) is 7.30. The van der Waals surface area contributed by atoms with Crippen molar-refractivity contribution in [2.75, 3.05) is 13.2 Å². The van der Waals surface area contributed by atoms with Crippen molar-refractivity contribution in [2.24, 2.45) is 0 Å². The molecular weight excluding hydrogens is 322 g/mol. The van der Waals surface area contributed by atoms with Crippen LogP contribution in [0.5, 0.6) is 5.75 Å². The van der Waals surface area contributed by atoms with Crippen molar-refractivity contribution >= 4 is 17.3 Å². The van der Waals surface area contributed by atoms with Gasteiger partial charge in [-0.15, -0.1) is 0 Å². The number of hydrogen-bond donors (Lipinski definition) is 1. The Kier molecular flexibility index (Phi) is 6.34. The Morgan fingerprint density at radius 1 is 1.17 bits per heavy atom. The summed E-state index contributed by atoms with van der Waals surface area (Å²) < 4.78 is 10.7. The van der Waals surface area contributed by atoms with Gasteiger partial charge in [-0.2, -0.15) is 0 Å². The van der Waals surface area contributed by atoms with E-state index in [4.69, 9.17) is 21.1 Å². The van der Waals surface area contributed by atoms with Crippen LogP contribution < -0.4 is 4.74 Å². The summed E-state index contributed by atoms with van der Waals surface area (Å²) in [4.78, 5) is 10.1. The average molecular weight is 338 g/mol. The molecule has 122 valence electrons. The van der Waals surface area contributed by atoms with Crippen LogP contribution in [-0.4, -0.2) is 29.3 Å². The van der Waals surface area contributed by atoms with E-state index < -0.39 is 11.0 Å². The number of nitro benzene ring substituents is 1. The van der Waals surface area contributed by atoms with Crippen LogP contribution in [0.1, 0.15) is 5.56 Å². The van der Waals surface area contributed by atoms with Crippen molar-refractivity contribution in [1.82, 2.24) is 0 Å². The number of rotatable bonds is 8. The normalized spacial score (nSPS) is 11.9. The van der Waals surface area contributed by atoms with Gasteiger partial charge in [0, 0.05) is 12.1 Å². The Hall–Kier alpha value is -2.15. The molecule has 1 N–H and O–H groups in total. The number of non-ortho nitro benzene ring substituents is 1. The van der Waals surface area contributed by atoms with Crippen LogP contribution in [-0.2, 0) is 11.3 Å². The average Bonchev–Trinajstić information content (AvgIpc) is 2.54. The van der Waals surface area contributed by atoms with Gasteiger partial charge in [-0.1, -0.05) is 41.9 Å². The van der Waals surface area contributed by atoms with E-state index >= 15 is 0 Å². The fourth-order valence-electron chi connectivity index (χ4n) is 1.84. The van der Waals surface area contributed by atoms with Crippen molar-refractivity contribution in [3.8, 4) is 5.75 Å². The number of ether oxygens (including phenoxy) is 2. The minimum Gasteiger partial charge on any atom is -0.489 e. The predicted molar refractivity (Wildman–Crippen MR) is 85.7 cm³/mol. The number of aliphatic hydroxyl groups excluding tert-OH is 1. The van der Waals surface area contributed by atoms with Crippen molar-refractivity contribution in [3.05, 3.63) is 69.2 Å². The largest absolute Gasteiger partial charge is 0.489 e. The first-order valence-electron chi connectivity index (χ1n) is 6.92. The predicted octanol–water partition coefficient (Wildman–Crippen LogP) is 3.20. The smallest absolute Gasteiger partial charge is 0.271 e. The van der Waals surface area contributed by atoms with Crippen LogP contribution in [0.3, 0.4) is 0 Å². The van der Waals surface area contributed by atoms with Crippen LogP contribution in [0.15, 0.2) is 48.5 Å². The summed E-state index contributed by atoms with van der Waals surface area (Å²) in [6.07, 6.45) is -0.829. The lowest BCUT2D eigenvalue weighted by atomic mass is 10.2. The fraction of sp³-hybridized carbons (Fsp3) is 0.250. The Bertz CT molecular complexity index is 650. The third-order valence-electron chi connectivity index (χ3n) is 2.98. The van der Waals surface area contributed by atoms with Gasteiger partial charge in [0.05, 0.1) is 23.2 Å². The monoisotopic (exact) mass is 337 g/mol. The first kappa shape index (κ1) is 17.2. The quantitative estimate of drug-likeness (QED) is 0.591. The van der Waals surface area contributed by atoms with Crippen molar-refractivity contribution in [2.45, 2.75) is 12.7 Å². The molecule has 2 aromatic rings. The van der Waals surface area contributed by atoms with E-state index in [2.05, 4.69) is 0 Å². The SMILES string of the molecule is O=[N+]([O-])c1ccc(OCC(O)COCc2ccccc2)c(Cl)c1. The van der Waals surface area contributed by atoms with Crippen molar-refractivity contribution in [3.63, 3.8) is 0 Å². The lowest BCUT2D eigenvalue weighted by molar-refractivity contribution is -0.384. The Labute approximate surface area is 138 Å². The van der Waals surface area contributed by atoms with Gasteiger partial charge >= 0.3 is 0 Å². The zero-order valence-corrected chi connectivity index (χ0v) is 13.0. The minimum absolute atomic E-state index is 0.0215. The number of benzene rings is 2. The highest BCUT2D eigenvalue weighted by Gasteiger charge is 2.12. The molecule has 0 heterocycles. The summed E-state index contributed by atoms with van der Waals surface area (Å²) >= 11 is 5.90. The van der Waals surface area contributed by atoms with Crippen LogP contribution in [0.25, 0.3) is 0 Å². The zero-order valence-electron chi connectivity index (χ0n) is 12.2. The van der Waals surface area contributed by atoms with E-state index in [1.807, 2.05) is 30.3 Å². The molecule has 0 aromatic heterocycles. The molecule has 0 amide bonds. The fourth-order valence-corrected chi connectivity index (χ4v) is 2.07. The molecule has 23 heavy (non-hydrogen) atoms. The molecule has 2 aromatic carbocycles. The topological polar surface area (TPSA) is 81.8 Å². The molecule has 0 bridgehead atoms. The molecule has 0 spiro atoms. The lowest BCUT2D eigenvalue weighted by Crippen LogP contribution is -2.23. The maximum atomic E-state index is 10.6. The molecule has 0 radical (unpaired) electrons. The van der Waals surface area contributed by atoms with Crippen LogP contribution in [0.2, 0.25) is 5.02 Å². The van der Waals surface area contributed by atoms with E-state index in [0.29, 0.717) is 6.61 Å². The van der Waals surface area contributed by atoms with Gasteiger partial charge in [0.15, 0.2) is 0 Å². The minimum atomic E-state index is -0.829. The number of aliphatic hydroxyl groups is 1. The van der Waals surface area contributed by atoms with E-state index in [-0.39, 0.29) is 29.7 Å². The summed E-state index contributed by atoms with van der Waals surface area (Å²) in [5.74, 6) is 0.277. The summed E-state index contributed by atoms with van der Waals surface area (Å²) in [5.41, 5.74) is 0.896. The van der Waals surface area contributed by atoms with Crippen LogP contribution in [0.4, 0.5) is 5.69 Å². The summed E-state index contributed by atoms with van der Waals surface area (Å²) in [6.45, 7) is 0.488. The molecule has 7 heteroatoms. The van der Waals surface area contributed by atoms with E-state index in [0.717, 1.165) is 5.56 Å². The zero-order chi connectivity index (χ0) is 16.7. The lowest BCUT2D eigenvalue weighted by Gasteiger charge is -2.13. The van der Waals surface area contributed by atoms with Gasteiger partial charge < -0.3 is 14.6 Å². The second-order valence-electron chi connectivity index (χ2n) is 4.84. The number of halogens is 1. The van der Waals surface area contributed by atoms with Gasteiger partial charge in [0.25, 0.3) is 5.69 Å². The molecule has 0 fully saturated rings. The van der Waals surface area contributed by atoms with Gasteiger partial charge in [0.2, 0.25) is 0 Å². The molecule has 0 saturated carbocycles. The van der Waals surface area contributed by atoms with Crippen molar-refractivity contribution in [1.29, 1.82) is 0 Å². The van der Waals surface area contributed by atoms with Crippen LogP contribution >= 0.6 is 11.6 Å². The van der Waals surface area contributed by atoms with E-state index in [1.54, 1.807) is 0 Å². The van der Waals surface area contributed by atoms with Crippen LogP contribution in [0, 0.1) is 10.1 Å². The van der Waals surface area contributed by atoms with Gasteiger partial charge in [-0.05, 0) is 11.6 Å². The molecule has 2 rings (SSSR count). The Morgan fingerprint density at radius 2 is 1.91 bits per heavy atom. The van der Waals surface area contributed by atoms with E-state index in [1.165, 1.54) is 18.2 Å². The molecule has 0 aliphatic rings. The number of nitro groups is 1. The third kappa shape index (κ3) is 5.52. The number of nitrogens with zero attached hydrogens (tertiary/aromatic N) is 1.